The van der Waals surface area contributed by atoms with E-state index in [0.717, 1.165) is 13.1 Å². The lowest BCUT2D eigenvalue weighted by molar-refractivity contribution is -0.138. The van der Waals surface area contributed by atoms with Crippen LogP contribution in [0.3, 0.4) is 0 Å². The molecule has 4 heterocycles. The average molecular weight is 501 g/mol. The van der Waals surface area contributed by atoms with Gasteiger partial charge in [0.25, 0.3) is 5.91 Å². The Morgan fingerprint density at radius 3 is 2.43 bits per heavy atom. The highest BCUT2D eigenvalue weighted by Crippen LogP contribution is 2.38. The van der Waals surface area contributed by atoms with Crippen molar-refractivity contribution in [3.05, 3.63) is 53.3 Å². The Hall–Kier alpha value is -3.71. The molecular weight excluding hydrogens is 481 g/mol. The number of anilines is 2. The Kier molecular flexibility index (Phi) is 6.03. The van der Waals surface area contributed by atoms with Crippen molar-refractivity contribution < 1.29 is 18.0 Å². The molecule has 1 aliphatic heterocycles. The molecule has 3 aromatic heterocycles. The fourth-order valence-electron chi connectivity index (χ4n) is 3.80. The number of piperazine rings is 1. The van der Waals surface area contributed by atoms with Gasteiger partial charge in [-0.2, -0.15) is 13.2 Å². The maximum Gasteiger partial charge on any atom is 0.445 e. The van der Waals surface area contributed by atoms with E-state index in [1.54, 1.807) is 30.3 Å². The zero-order valence-corrected chi connectivity index (χ0v) is 19.3. The van der Waals surface area contributed by atoms with Gasteiger partial charge < -0.3 is 15.1 Å². The summed E-state index contributed by atoms with van der Waals surface area (Å²) in [7, 11) is 2.03. The molecule has 1 fully saturated rings. The molecule has 1 amide bonds. The number of pyridine rings is 1. The molecule has 4 aromatic rings. The summed E-state index contributed by atoms with van der Waals surface area (Å²) in [5, 5.41) is 18.2. The number of amides is 1. The number of benzene rings is 1. The molecule has 1 aliphatic rings. The van der Waals surface area contributed by atoms with Crippen LogP contribution in [0.1, 0.15) is 15.4 Å². The molecule has 0 spiro atoms. The van der Waals surface area contributed by atoms with Gasteiger partial charge >= 0.3 is 6.18 Å². The molecule has 1 aromatic carbocycles. The largest absolute Gasteiger partial charge is 0.445 e. The van der Waals surface area contributed by atoms with E-state index >= 15 is 0 Å². The van der Waals surface area contributed by atoms with Crippen LogP contribution in [-0.2, 0) is 6.18 Å². The standard InChI is InChI=1S/C22H19F3N8OS/c1-32-8-10-33(11-9-32)17-15-12-14(20-30-31-21(35-20)22(23,24)25)2-3-16(15)28-29-18(17)27-19(34)13-4-6-26-7-5-13/h2-7,12H,8-11H2,1H3,(H,27,29,34). The number of nitrogens with one attached hydrogen (secondary N) is 1. The number of rotatable bonds is 4. The van der Waals surface area contributed by atoms with Crippen LogP contribution in [0.25, 0.3) is 21.5 Å². The zero-order chi connectivity index (χ0) is 24.6. The van der Waals surface area contributed by atoms with Crippen LogP contribution < -0.4 is 10.2 Å². The second-order valence-electron chi connectivity index (χ2n) is 8.02. The van der Waals surface area contributed by atoms with E-state index in [0.29, 0.717) is 52.1 Å². The number of fused-ring (bicyclic) bond motifs is 1. The number of hydrogen-bond acceptors (Lipinski definition) is 9. The van der Waals surface area contributed by atoms with Gasteiger partial charge in [-0.05, 0) is 37.4 Å². The molecule has 0 saturated carbocycles. The van der Waals surface area contributed by atoms with E-state index in [1.165, 1.54) is 12.4 Å². The van der Waals surface area contributed by atoms with Crippen LogP contribution in [0.15, 0.2) is 42.7 Å². The maximum atomic E-state index is 13.1. The van der Waals surface area contributed by atoms with Crippen molar-refractivity contribution >= 4 is 39.7 Å². The number of likely N-dealkylation sites (N-methyl/N-ethyl adjacent to an activating group) is 1. The summed E-state index contributed by atoms with van der Waals surface area (Å²) in [5.74, 6) is -0.0965. The molecule has 35 heavy (non-hydrogen) atoms. The Morgan fingerprint density at radius 2 is 1.74 bits per heavy atom. The van der Waals surface area contributed by atoms with Crippen molar-refractivity contribution in [3.8, 4) is 10.6 Å². The highest BCUT2D eigenvalue weighted by atomic mass is 32.1. The van der Waals surface area contributed by atoms with Crippen molar-refractivity contribution in [2.24, 2.45) is 0 Å². The maximum absolute atomic E-state index is 13.1. The smallest absolute Gasteiger partial charge is 0.365 e. The normalized spacial score (nSPS) is 14.9. The molecule has 0 atom stereocenters. The van der Waals surface area contributed by atoms with E-state index in [2.05, 4.69) is 40.5 Å². The molecule has 0 bridgehead atoms. The van der Waals surface area contributed by atoms with Crippen LogP contribution >= 0.6 is 11.3 Å². The second kappa shape index (κ2) is 9.15. The summed E-state index contributed by atoms with van der Waals surface area (Å²) in [5.41, 5.74) is 2.09. The van der Waals surface area contributed by atoms with Crippen LogP contribution in [0, 0.1) is 0 Å². The third-order valence-corrected chi connectivity index (χ3v) is 6.66. The molecule has 180 valence electrons. The number of halogens is 3. The van der Waals surface area contributed by atoms with Gasteiger partial charge in [-0.15, -0.1) is 20.4 Å². The summed E-state index contributed by atoms with van der Waals surface area (Å²) in [4.78, 5) is 21.1. The minimum atomic E-state index is -4.56. The van der Waals surface area contributed by atoms with E-state index < -0.39 is 11.2 Å². The van der Waals surface area contributed by atoms with Gasteiger partial charge in [-0.25, -0.2) is 0 Å². The Morgan fingerprint density at radius 1 is 1.00 bits per heavy atom. The van der Waals surface area contributed by atoms with Crippen molar-refractivity contribution in [1.29, 1.82) is 0 Å². The van der Waals surface area contributed by atoms with Gasteiger partial charge in [-0.3, -0.25) is 9.78 Å². The van der Waals surface area contributed by atoms with Crippen molar-refractivity contribution in [2.75, 3.05) is 43.4 Å². The van der Waals surface area contributed by atoms with Gasteiger partial charge in [0.1, 0.15) is 5.01 Å². The van der Waals surface area contributed by atoms with Crippen LogP contribution in [0.2, 0.25) is 0 Å². The summed E-state index contributed by atoms with van der Waals surface area (Å²) in [6.45, 7) is 2.95. The van der Waals surface area contributed by atoms with Gasteiger partial charge in [0.05, 0.1) is 11.2 Å². The topological polar surface area (TPSA) is 100 Å². The van der Waals surface area contributed by atoms with E-state index in [4.69, 9.17) is 0 Å². The van der Waals surface area contributed by atoms with E-state index in [-0.39, 0.29) is 16.7 Å². The summed E-state index contributed by atoms with van der Waals surface area (Å²) in [6, 6.07) is 8.22. The first kappa shape index (κ1) is 23.1. The number of carbonyl (C=O) groups excluding carboxylic acids is 1. The van der Waals surface area contributed by atoms with Crippen molar-refractivity contribution in [3.63, 3.8) is 0 Å². The SMILES string of the molecule is CN1CCN(c2c(NC(=O)c3ccncc3)nnc3ccc(-c4nnc(C(F)(F)F)s4)cc23)CC1. The quantitative estimate of drug-likeness (QED) is 0.454. The van der Waals surface area contributed by atoms with Gasteiger partial charge in [-0.1, -0.05) is 11.3 Å². The molecule has 0 radical (unpaired) electrons. The first-order valence-electron chi connectivity index (χ1n) is 10.7. The average Bonchev–Trinajstić information content (AvgIpc) is 3.36. The lowest BCUT2D eigenvalue weighted by Crippen LogP contribution is -2.45. The van der Waals surface area contributed by atoms with Gasteiger partial charge in [0.15, 0.2) is 5.82 Å². The summed E-state index contributed by atoms with van der Waals surface area (Å²) >= 11 is 0.476. The molecule has 1 N–H and O–H groups in total. The molecular formula is C22H19F3N8OS. The Bertz CT molecular complexity index is 1370. The van der Waals surface area contributed by atoms with E-state index in [9.17, 15) is 18.0 Å². The van der Waals surface area contributed by atoms with Crippen molar-refractivity contribution in [2.45, 2.75) is 6.18 Å². The second-order valence-corrected chi connectivity index (χ2v) is 9.00. The fourth-order valence-corrected chi connectivity index (χ4v) is 4.50. The highest BCUT2D eigenvalue weighted by Gasteiger charge is 2.35. The monoisotopic (exact) mass is 500 g/mol. The third-order valence-electron chi connectivity index (χ3n) is 5.64. The molecule has 13 heteroatoms. The number of hydrogen-bond donors (Lipinski definition) is 1. The summed E-state index contributed by atoms with van der Waals surface area (Å²) in [6.07, 6.45) is -1.52. The first-order chi connectivity index (χ1) is 16.8. The van der Waals surface area contributed by atoms with Crippen molar-refractivity contribution in [1.82, 2.24) is 30.3 Å². The number of alkyl halides is 3. The number of nitrogens with zero attached hydrogens (tertiary/aromatic N) is 7. The molecule has 0 aliphatic carbocycles. The van der Waals surface area contributed by atoms with Crippen LogP contribution in [0.4, 0.5) is 24.7 Å². The highest BCUT2D eigenvalue weighted by molar-refractivity contribution is 7.14. The Balaban J connectivity index is 1.60. The molecule has 9 nitrogen and oxygen atoms in total. The number of carbonyl (C=O) groups is 1. The first-order valence-corrected chi connectivity index (χ1v) is 11.5. The fraction of sp³-hybridized carbons (Fsp3) is 0.273. The molecule has 5 rings (SSSR count). The molecule has 0 unspecified atom stereocenters. The minimum Gasteiger partial charge on any atom is -0.365 e. The predicted molar refractivity (Wildman–Crippen MR) is 125 cm³/mol. The number of aromatic nitrogens is 5. The zero-order valence-electron chi connectivity index (χ0n) is 18.5. The van der Waals surface area contributed by atoms with E-state index in [1.807, 2.05) is 7.05 Å². The van der Waals surface area contributed by atoms with Gasteiger partial charge in [0, 0.05) is 55.1 Å². The lowest BCUT2D eigenvalue weighted by Gasteiger charge is -2.35. The van der Waals surface area contributed by atoms with Gasteiger partial charge in [0.2, 0.25) is 5.01 Å². The van der Waals surface area contributed by atoms with Crippen LogP contribution in [0.5, 0.6) is 0 Å². The Labute approximate surface area is 201 Å². The summed E-state index contributed by atoms with van der Waals surface area (Å²) < 4.78 is 39.2. The minimum absolute atomic E-state index is 0.141. The van der Waals surface area contributed by atoms with Crippen LogP contribution in [-0.4, -0.2) is 69.4 Å². The predicted octanol–water partition coefficient (Wildman–Crippen LogP) is 3.57. The molecule has 1 saturated heterocycles. The third kappa shape index (κ3) is 4.77. The lowest BCUT2D eigenvalue weighted by atomic mass is 10.1.